The largest absolute Gasteiger partial charge is 0.517 e. The lowest BCUT2D eigenvalue weighted by Crippen LogP contribution is -2.27. The molecule has 0 amide bonds. The van der Waals surface area contributed by atoms with Crippen molar-refractivity contribution in [3.63, 3.8) is 0 Å². The Balaban J connectivity index is 3.03. The highest BCUT2D eigenvalue weighted by Crippen LogP contribution is 2.24. The first-order valence-corrected chi connectivity index (χ1v) is 8.07. The maximum atomic E-state index is 11.5. The Kier molecular flexibility index (Phi) is 5.55. The summed E-state index contributed by atoms with van der Waals surface area (Å²) in [7, 11) is -1.04. The van der Waals surface area contributed by atoms with Crippen LogP contribution in [0.4, 0.5) is 0 Å². The van der Waals surface area contributed by atoms with Crippen LogP contribution in [0, 0.1) is 0 Å². The first-order chi connectivity index (χ1) is 8.84. The molecule has 0 heterocycles. The molecule has 3 heteroatoms. The average Bonchev–Trinajstić information content (AvgIpc) is 2.34. The van der Waals surface area contributed by atoms with Crippen LogP contribution in [0.3, 0.4) is 0 Å². The lowest BCUT2D eigenvalue weighted by Gasteiger charge is -2.20. The predicted molar refractivity (Wildman–Crippen MR) is 83.7 cm³/mol. The molecule has 0 aliphatic carbocycles. The molecule has 0 atom stereocenters. The van der Waals surface area contributed by atoms with Crippen LogP contribution in [0.1, 0.15) is 57.6 Å². The average molecular weight is 276 g/mol. The lowest BCUT2D eigenvalue weighted by atomic mass is 9.91. The Labute approximate surface area is 118 Å². The molecule has 0 fully saturated rings. The van der Waals surface area contributed by atoms with Crippen molar-refractivity contribution >= 4 is 20.9 Å². The fourth-order valence-corrected chi connectivity index (χ4v) is 3.77. The van der Waals surface area contributed by atoms with Crippen molar-refractivity contribution in [1.29, 1.82) is 0 Å². The van der Waals surface area contributed by atoms with Crippen molar-refractivity contribution in [3.05, 3.63) is 41.5 Å². The van der Waals surface area contributed by atoms with E-state index in [1.54, 1.807) is 6.92 Å². The molecule has 1 rings (SSSR count). The topological polar surface area (TPSA) is 26.3 Å². The van der Waals surface area contributed by atoms with Gasteiger partial charge in [-0.3, -0.25) is 0 Å². The van der Waals surface area contributed by atoms with Gasteiger partial charge in [-0.25, -0.2) is 4.79 Å². The summed E-state index contributed by atoms with van der Waals surface area (Å²) in [6.07, 6.45) is 0. The van der Waals surface area contributed by atoms with Gasteiger partial charge in [-0.15, -0.1) is 0 Å². The van der Waals surface area contributed by atoms with Gasteiger partial charge in [0.1, 0.15) is 0 Å². The molecule has 2 nitrogen and oxygen atoms in total. The van der Waals surface area contributed by atoms with Gasteiger partial charge in [-0.05, 0) is 35.1 Å². The van der Waals surface area contributed by atoms with E-state index in [0.29, 0.717) is 17.4 Å². The maximum Gasteiger partial charge on any atom is 0.319 e. The fourth-order valence-electron chi connectivity index (χ4n) is 2.23. The smallest absolute Gasteiger partial charge is 0.319 e. The molecule has 0 aromatic heterocycles. The molecular formula is C16H24O2Si. The summed E-state index contributed by atoms with van der Waals surface area (Å²) in [6.45, 7) is 14.1. The highest BCUT2D eigenvalue weighted by Gasteiger charge is 2.15. The Bertz CT molecular complexity index is 476. The van der Waals surface area contributed by atoms with Crippen molar-refractivity contribution < 1.29 is 9.22 Å². The number of rotatable bonds is 5. The highest BCUT2D eigenvalue weighted by molar-refractivity contribution is 6.50. The monoisotopic (exact) mass is 276 g/mol. The van der Waals surface area contributed by atoms with E-state index in [9.17, 15) is 4.79 Å². The minimum absolute atomic E-state index is 0.267. The van der Waals surface area contributed by atoms with E-state index in [1.807, 2.05) is 0 Å². The second kappa shape index (κ2) is 6.71. The summed E-state index contributed by atoms with van der Waals surface area (Å²) >= 11 is 0. The Hall–Kier alpha value is -1.35. The first-order valence-electron chi connectivity index (χ1n) is 6.78. The summed E-state index contributed by atoms with van der Waals surface area (Å²) in [6, 6.07) is 6.34. The molecule has 0 unspecified atom stereocenters. The summed E-state index contributed by atoms with van der Waals surface area (Å²) in [5.41, 5.74) is 3.20. The van der Waals surface area contributed by atoms with Crippen molar-refractivity contribution in [2.75, 3.05) is 0 Å². The molecule has 0 saturated carbocycles. The number of carbonyl (C=O) groups is 1. The highest BCUT2D eigenvalue weighted by atomic mass is 28.2. The SMILES string of the molecule is C=C(C)C(=O)O[SiH2]c1cccc(C(C)C)c1C(C)C. The zero-order valence-corrected chi connectivity index (χ0v) is 14.0. The van der Waals surface area contributed by atoms with E-state index in [1.165, 1.54) is 16.3 Å². The van der Waals surface area contributed by atoms with Crippen LogP contribution >= 0.6 is 0 Å². The van der Waals surface area contributed by atoms with Gasteiger partial charge in [0.05, 0.1) is 0 Å². The van der Waals surface area contributed by atoms with Gasteiger partial charge in [0, 0.05) is 5.57 Å². The van der Waals surface area contributed by atoms with Crippen LogP contribution in [0.2, 0.25) is 0 Å². The van der Waals surface area contributed by atoms with E-state index in [4.69, 9.17) is 4.43 Å². The minimum Gasteiger partial charge on any atom is -0.517 e. The third-order valence-electron chi connectivity index (χ3n) is 3.14. The molecule has 0 bridgehead atoms. The van der Waals surface area contributed by atoms with Crippen molar-refractivity contribution in [1.82, 2.24) is 0 Å². The molecular weight excluding hydrogens is 252 g/mol. The third kappa shape index (κ3) is 4.06. The van der Waals surface area contributed by atoms with Crippen LogP contribution in [0.15, 0.2) is 30.4 Å². The summed E-state index contributed by atoms with van der Waals surface area (Å²) in [4.78, 5) is 11.5. The van der Waals surface area contributed by atoms with E-state index >= 15 is 0 Å². The fraction of sp³-hybridized carbons (Fsp3) is 0.438. The summed E-state index contributed by atoms with van der Waals surface area (Å²) in [5, 5.41) is 1.23. The normalized spacial score (nSPS) is 11.5. The van der Waals surface area contributed by atoms with E-state index < -0.39 is 9.76 Å². The van der Waals surface area contributed by atoms with Gasteiger partial charge in [0.15, 0.2) is 0 Å². The molecule has 0 aliphatic rings. The van der Waals surface area contributed by atoms with Crippen LogP contribution in [0.25, 0.3) is 0 Å². The number of hydrogen-bond acceptors (Lipinski definition) is 2. The van der Waals surface area contributed by atoms with Gasteiger partial charge < -0.3 is 4.43 Å². The van der Waals surface area contributed by atoms with Crippen LogP contribution in [-0.4, -0.2) is 15.7 Å². The van der Waals surface area contributed by atoms with Crippen LogP contribution < -0.4 is 5.19 Å². The van der Waals surface area contributed by atoms with Gasteiger partial charge in [0.25, 0.3) is 9.76 Å². The maximum absolute atomic E-state index is 11.5. The Morgan fingerprint density at radius 2 is 1.84 bits per heavy atom. The van der Waals surface area contributed by atoms with E-state index in [-0.39, 0.29) is 5.97 Å². The molecule has 0 saturated heterocycles. The Morgan fingerprint density at radius 3 is 2.32 bits per heavy atom. The van der Waals surface area contributed by atoms with E-state index in [0.717, 1.165) is 0 Å². The number of hydrogen-bond donors (Lipinski definition) is 0. The zero-order valence-electron chi connectivity index (χ0n) is 12.6. The second-order valence-corrected chi connectivity index (χ2v) is 6.93. The number of benzene rings is 1. The summed E-state index contributed by atoms with van der Waals surface area (Å²) < 4.78 is 5.42. The molecule has 0 spiro atoms. The molecule has 0 aliphatic heterocycles. The first kappa shape index (κ1) is 15.7. The Morgan fingerprint density at radius 1 is 1.21 bits per heavy atom. The predicted octanol–water partition coefficient (Wildman–Crippen LogP) is 2.76. The van der Waals surface area contributed by atoms with E-state index in [2.05, 4.69) is 52.5 Å². The van der Waals surface area contributed by atoms with Crippen molar-refractivity contribution in [2.24, 2.45) is 0 Å². The number of carbonyl (C=O) groups excluding carboxylic acids is 1. The lowest BCUT2D eigenvalue weighted by molar-refractivity contribution is -0.129. The minimum atomic E-state index is -1.04. The molecule has 1 aromatic carbocycles. The third-order valence-corrected chi connectivity index (χ3v) is 4.47. The molecule has 1 aromatic rings. The molecule has 19 heavy (non-hydrogen) atoms. The zero-order chi connectivity index (χ0) is 14.6. The van der Waals surface area contributed by atoms with Crippen molar-refractivity contribution in [3.8, 4) is 0 Å². The van der Waals surface area contributed by atoms with Gasteiger partial charge >= 0.3 is 5.97 Å². The van der Waals surface area contributed by atoms with Crippen molar-refractivity contribution in [2.45, 2.75) is 46.5 Å². The van der Waals surface area contributed by atoms with Gasteiger partial charge in [-0.1, -0.05) is 52.5 Å². The quantitative estimate of drug-likeness (QED) is 0.610. The standard InChI is InChI=1S/C16H24O2Si/c1-10(2)13-8-7-9-14(15(13)11(3)4)19-18-16(17)12(5)6/h7-11H,5,19H2,1-4,6H3. The molecule has 104 valence electrons. The van der Waals surface area contributed by atoms with Gasteiger partial charge in [-0.2, -0.15) is 0 Å². The second-order valence-electron chi connectivity index (χ2n) is 5.59. The van der Waals surface area contributed by atoms with Crippen LogP contribution in [-0.2, 0) is 9.22 Å². The molecule has 0 N–H and O–H groups in total. The van der Waals surface area contributed by atoms with Gasteiger partial charge in [0.2, 0.25) is 0 Å². The van der Waals surface area contributed by atoms with Crippen LogP contribution in [0.5, 0.6) is 0 Å². The summed E-state index contributed by atoms with van der Waals surface area (Å²) in [5.74, 6) is 0.671. The molecule has 0 radical (unpaired) electrons.